The van der Waals surface area contributed by atoms with Crippen LogP contribution in [0.3, 0.4) is 0 Å². The highest BCUT2D eigenvalue weighted by atomic mass is 16.2. The largest absolute Gasteiger partial charge is 0.396 e. The monoisotopic (exact) mass is 186 g/mol. The highest BCUT2D eigenvalue weighted by molar-refractivity contribution is 4.79. The number of unbranched alkanes of at least 4 members (excludes halogenated alkanes) is 1. The fourth-order valence-electron chi connectivity index (χ4n) is 1.82. The maximum absolute atomic E-state index is 8.68. The molecule has 0 bridgehead atoms. The maximum atomic E-state index is 8.68. The summed E-state index contributed by atoms with van der Waals surface area (Å²) in [6.07, 6.45) is 6.10. The fourth-order valence-corrected chi connectivity index (χ4v) is 1.82. The maximum Gasteiger partial charge on any atom is 0.0431 e. The number of nitrogens with two attached hydrogens (primary N) is 1. The summed E-state index contributed by atoms with van der Waals surface area (Å²) in [5.41, 5.74) is 5.56. The first kappa shape index (κ1) is 11.0. The zero-order valence-electron chi connectivity index (χ0n) is 8.41. The molecule has 1 aliphatic carbocycles. The van der Waals surface area contributed by atoms with E-state index in [4.69, 9.17) is 10.8 Å². The molecule has 0 atom stereocenters. The highest BCUT2D eigenvalue weighted by Crippen LogP contribution is 2.24. The Morgan fingerprint density at radius 2 is 2.00 bits per heavy atom. The minimum atomic E-state index is 0.321. The second-order valence-corrected chi connectivity index (χ2v) is 3.84. The molecule has 3 nitrogen and oxygen atoms in total. The van der Waals surface area contributed by atoms with Crippen molar-refractivity contribution in [1.29, 1.82) is 0 Å². The van der Waals surface area contributed by atoms with Gasteiger partial charge in [0.25, 0.3) is 0 Å². The minimum absolute atomic E-state index is 0.321. The minimum Gasteiger partial charge on any atom is -0.396 e. The molecule has 0 unspecified atom stereocenters. The van der Waals surface area contributed by atoms with Crippen LogP contribution in [0, 0.1) is 0 Å². The molecule has 0 heterocycles. The summed E-state index contributed by atoms with van der Waals surface area (Å²) in [5.74, 6) is 0. The Kier molecular flexibility index (Phi) is 5.35. The van der Waals surface area contributed by atoms with E-state index >= 15 is 0 Å². The van der Waals surface area contributed by atoms with Crippen molar-refractivity contribution in [2.75, 3.05) is 26.2 Å². The average Bonchev–Trinajstić information content (AvgIpc) is 2.02. The van der Waals surface area contributed by atoms with Crippen LogP contribution < -0.4 is 5.73 Å². The number of hydrogen-bond acceptors (Lipinski definition) is 3. The normalized spacial score (nSPS) is 17.8. The van der Waals surface area contributed by atoms with E-state index in [1.807, 2.05) is 0 Å². The molecule has 1 aliphatic rings. The molecule has 1 rings (SSSR count). The van der Waals surface area contributed by atoms with Gasteiger partial charge in [-0.05, 0) is 32.2 Å². The molecular formula is C10H22N2O. The van der Waals surface area contributed by atoms with Crippen LogP contribution in [0.5, 0.6) is 0 Å². The van der Waals surface area contributed by atoms with Gasteiger partial charge in [0.05, 0.1) is 0 Å². The zero-order valence-corrected chi connectivity index (χ0v) is 8.41. The van der Waals surface area contributed by atoms with Crippen molar-refractivity contribution in [2.24, 2.45) is 5.73 Å². The van der Waals surface area contributed by atoms with Crippen LogP contribution in [0.25, 0.3) is 0 Å². The molecule has 0 amide bonds. The van der Waals surface area contributed by atoms with Crippen molar-refractivity contribution in [3.8, 4) is 0 Å². The SMILES string of the molecule is NCCN(CCCCO)C1CCC1. The van der Waals surface area contributed by atoms with E-state index in [1.165, 1.54) is 19.3 Å². The fraction of sp³-hybridized carbons (Fsp3) is 1.00. The third-order valence-electron chi connectivity index (χ3n) is 2.86. The summed E-state index contributed by atoms with van der Waals surface area (Å²) < 4.78 is 0. The van der Waals surface area contributed by atoms with E-state index in [0.717, 1.165) is 38.5 Å². The highest BCUT2D eigenvalue weighted by Gasteiger charge is 2.23. The molecule has 0 aromatic heterocycles. The van der Waals surface area contributed by atoms with Crippen molar-refractivity contribution in [3.63, 3.8) is 0 Å². The molecule has 0 spiro atoms. The predicted molar refractivity (Wildman–Crippen MR) is 54.6 cm³/mol. The molecular weight excluding hydrogens is 164 g/mol. The topological polar surface area (TPSA) is 49.5 Å². The number of hydrogen-bond donors (Lipinski definition) is 2. The van der Waals surface area contributed by atoms with Crippen molar-refractivity contribution < 1.29 is 5.11 Å². The molecule has 0 aromatic rings. The Hall–Kier alpha value is -0.120. The second-order valence-electron chi connectivity index (χ2n) is 3.84. The van der Waals surface area contributed by atoms with E-state index in [-0.39, 0.29) is 0 Å². The van der Waals surface area contributed by atoms with Gasteiger partial charge in [-0.1, -0.05) is 6.42 Å². The first-order chi connectivity index (χ1) is 6.38. The summed E-state index contributed by atoms with van der Waals surface area (Å²) >= 11 is 0. The molecule has 3 N–H and O–H groups in total. The first-order valence-corrected chi connectivity index (χ1v) is 5.43. The number of aliphatic hydroxyl groups is 1. The Labute approximate surface area is 80.9 Å². The van der Waals surface area contributed by atoms with E-state index < -0.39 is 0 Å². The molecule has 0 radical (unpaired) electrons. The van der Waals surface area contributed by atoms with Crippen LogP contribution in [0.2, 0.25) is 0 Å². The lowest BCUT2D eigenvalue weighted by molar-refractivity contribution is 0.125. The van der Waals surface area contributed by atoms with Crippen molar-refractivity contribution in [1.82, 2.24) is 4.90 Å². The summed E-state index contributed by atoms with van der Waals surface area (Å²) in [6.45, 7) is 3.22. The van der Waals surface area contributed by atoms with Gasteiger partial charge in [0.2, 0.25) is 0 Å². The lowest BCUT2D eigenvalue weighted by atomic mass is 9.91. The lowest BCUT2D eigenvalue weighted by Gasteiger charge is -2.37. The van der Waals surface area contributed by atoms with Crippen LogP contribution in [0.15, 0.2) is 0 Å². The first-order valence-electron chi connectivity index (χ1n) is 5.43. The third-order valence-corrected chi connectivity index (χ3v) is 2.86. The van der Waals surface area contributed by atoms with Crippen LogP contribution in [0.4, 0.5) is 0 Å². The Bertz CT molecular complexity index is 126. The van der Waals surface area contributed by atoms with E-state index in [9.17, 15) is 0 Å². The molecule has 1 fully saturated rings. The van der Waals surface area contributed by atoms with E-state index in [2.05, 4.69) is 4.90 Å². The van der Waals surface area contributed by atoms with Gasteiger partial charge in [-0.15, -0.1) is 0 Å². The van der Waals surface area contributed by atoms with Gasteiger partial charge in [-0.3, -0.25) is 4.90 Å². The second kappa shape index (κ2) is 6.35. The summed E-state index contributed by atoms with van der Waals surface area (Å²) in [4.78, 5) is 2.49. The smallest absolute Gasteiger partial charge is 0.0431 e. The summed E-state index contributed by atoms with van der Waals surface area (Å²) in [7, 11) is 0. The molecule has 0 saturated heterocycles. The Balaban J connectivity index is 2.12. The third kappa shape index (κ3) is 3.63. The van der Waals surface area contributed by atoms with Gasteiger partial charge in [-0.2, -0.15) is 0 Å². The predicted octanol–water partition coefficient (Wildman–Crippen LogP) is 0.572. The van der Waals surface area contributed by atoms with Gasteiger partial charge in [0, 0.05) is 25.7 Å². The number of aliphatic hydroxyl groups excluding tert-OH is 1. The zero-order chi connectivity index (χ0) is 9.52. The van der Waals surface area contributed by atoms with Crippen LogP contribution >= 0.6 is 0 Å². The van der Waals surface area contributed by atoms with Crippen molar-refractivity contribution in [2.45, 2.75) is 38.1 Å². The number of nitrogens with zero attached hydrogens (tertiary/aromatic N) is 1. The average molecular weight is 186 g/mol. The van der Waals surface area contributed by atoms with Gasteiger partial charge in [-0.25, -0.2) is 0 Å². The molecule has 13 heavy (non-hydrogen) atoms. The van der Waals surface area contributed by atoms with Crippen molar-refractivity contribution in [3.05, 3.63) is 0 Å². The summed E-state index contributed by atoms with van der Waals surface area (Å²) in [5, 5.41) is 8.68. The quantitative estimate of drug-likeness (QED) is 0.572. The molecule has 1 saturated carbocycles. The van der Waals surface area contributed by atoms with Crippen molar-refractivity contribution >= 4 is 0 Å². The van der Waals surface area contributed by atoms with E-state index in [1.54, 1.807) is 0 Å². The van der Waals surface area contributed by atoms with Gasteiger partial charge >= 0.3 is 0 Å². The van der Waals surface area contributed by atoms with Crippen LogP contribution in [-0.4, -0.2) is 42.3 Å². The van der Waals surface area contributed by atoms with Crippen LogP contribution in [-0.2, 0) is 0 Å². The lowest BCUT2D eigenvalue weighted by Crippen LogP contribution is -2.43. The molecule has 0 aromatic carbocycles. The summed E-state index contributed by atoms with van der Waals surface area (Å²) in [6, 6.07) is 0.794. The molecule has 78 valence electrons. The Morgan fingerprint density at radius 3 is 2.46 bits per heavy atom. The number of rotatable bonds is 7. The van der Waals surface area contributed by atoms with Gasteiger partial charge < -0.3 is 10.8 Å². The molecule has 3 heteroatoms. The van der Waals surface area contributed by atoms with Gasteiger partial charge in [0.15, 0.2) is 0 Å². The van der Waals surface area contributed by atoms with E-state index in [0.29, 0.717) is 6.61 Å². The van der Waals surface area contributed by atoms with Gasteiger partial charge in [0.1, 0.15) is 0 Å². The Morgan fingerprint density at radius 1 is 1.23 bits per heavy atom. The molecule has 0 aliphatic heterocycles. The van der Waals surface area contributed by atoms with Crippen LogP contribution in [0.1, 0.15) is 32.1 Å². The standard InChI is InChI=1S/C10H22N2O/c11-6-8-12(7-1-2-9-13)10-4-3-5-10/h10,13H,1-9,11H2.